The highest BCUT2D eigenvalue weighted by atomic mass is 16.5. The van der Waals surface area contributed by atoms with E-state index in [0.29, 0.717) is 41.7 Å². The Hall–Kier alpha value is -3.40. The van der Waals surface area contributed by atoms with Crippen LogP contribution in [0.5, 0.6) is 0 Å². The quantitative estimate of drug-likeness (QED) is 0.241. The van der Waals surface area contributed by atoms with E-state index < -0.39 is 5.60 Å². The van der Waals surface area contributed by atoms with Crippen molar-refractivity contribution in [3.63, 3.8) is 0 Å². The Balaban J connectivity index is 1.77. The number of fused-ring (bicyclic) bond motifs is 2. The molecule has 0 spiro atoms. The Morgan fingerprint density at radius 1 is 1.13 bits per heavy atom. The summed E-state index contributed by atoms with van der Waals surface area (Å²) in [4.78, 5) is 27.9. The number of nitrogens with one attached hydrogen (secondary N) is 1. The zero-order chi connectivity index (χ0) is 28.6. The Morgan fingerprint density at radius 3 is 2.49 bits per heavy atom. The van der Waals surface area contributed by atoms with Crippen LogP contribution in [0.3, 0.4) is 0 Å². The number of aliphatic hydroxyl groups is 1. The van der Waals surface area contributed by atoms with Crippen molar-refractivity contribution in [3.8, 4) is 0 Å². The fourth-order valence-corrected chi connectivity index (χ4v) is 4.62. The van der Waals surface area contributed by atoms with Gasteiger partial charge >= 0.3 is 0 Å². The number of hydrazine groups is 1. The second kappa shape index (κ2) is 13.6. The van der Waals surface area contributed by atoms with E-state index in [4.69, 9.17) is 16.3 Å². The molecule has 2 aromatic rings. The molecule has 1 aliphatic rings. The molecule has 3 rings (SSSR count). The number of benzene rings is 2. The van der Waals surface area contributed by atoms with Gasteiger partial charge in [0.15, 0.2) is 0 Å². The third-order valence-electron chi connectivity index (χ3n) is 6.71. The van der Waals surface area contributed by atoms with Crippen molar-refractivity contribution in [2.45, 2.75) is 59.1 Å². The van der Waals surface area contributed by atoms with Crippen LogP contribution in [0.15, 0.2) is 48.5 Å². The number of nitrogens with two attached hydrogens (primary N) is 2. The number of para-hydroxylation sites is 1. The Kier molecular flexibility index (Phi) is 10.5. The molecule has 9 heteroatoms. The minimum absolute atomic E-state index is 0.126. The highest BCUT2D eigenvalue weighted by Gasteiger charge is 2.28. The van der Waals surface area contributed by atoms with Gasteiger partial charge in [-0.25, -0.2) is 5.84 Å². The molecule has 2 aromatic carbocycles. The van der Waals surface area contributed by atoms with E-state index in [1.165, 1.54) is 5.01 Å². The number of ether oxygens (including phenoxy) is 1. The zero-order valence-corrected chi connectivity index (χ0v) is 23.6. The van der Waals surface area contributed by atoms with Crippen molar-refractivity contribution in [1.29, 1.82) is 0 Å². The molecule has 0 bridgehead atoms. The predicted octanol–water partition coefficient (Wildman–Crippen LogP) is 3.22. The number of hydrogen-bond donors (Lipinski definition) is 4. The van der Waals surface area contributed by atoms with E-state index in [1.54, 1.807) is 4.90 Å². The van der Waals surface area contributed by atoms with Crippen LogP contribution in [0.25, 0.3) is 11.4 Å². The van der Waals surface area contributed by atoms with Crippen LogP contribution in [-0.2, 0) is 20.9 Å². The third-order valence-corrected chi connectivity index (χ3v) is 6.71. The first kappa shape index (κ1) is 30.1. The monoisotopic (exact) mass is 537 g/mol. The van der Waals surface area contributed by atoms with Crippen molar-refractivity contribution >= 4 is 28.9 Å². The number of rotatable bonds is 12. The molecular weight excluding hydrogens is 494 g/mol. The summed E-state index contributed by atoms with van der Waals surface area (Å²) in [6.07, 6.45) is 1.28. The van der Waals surface area contributed by atoms with Gasteiger partial charge in [-0.3, -0.25) is 9.59 Å². The maximum absolute atomic E-state index is 13.6. The summed E-state index contributed by atoms with van der Waals surface area (Å²) in [5.74, 6) is 6.56. The smallest absolute Gasteiger partial charge is 0.229 e. The molecule has 0 aromatic heterocycles. The first-order chi connectivity index (χ1) is 18.5. The topological polar surface area (TPSA) is 134 Å². The standard InChI is InChI=1S/C30H43N5O4/c1-21(2)14-18-39-30(3,4)19-26(37)33-15-13-27(38)34-20-22-9-5-6-10-23(22)29(35(32)16-17-36)28(31)24-11-7-8-12-25(24)34/h5-12,21,36H,13-20,31-32H2,1-4H3,(H,33,37)/b29-28-. The first-order valence-electron chi connectivity index (χ1n) is 13.6. The maximum atomic E-state index is 13.6. The Morgan fingerprint density at radius 2 is 1.79 bits per heavy atom. The summed E-state index contributed by atoms with van der Waals surface area (Å²) in [5, 5.41) is 13.8. The Labute approximate surface area is 231 Å². The molecule has 1 aliphatic heterocycles. The molecule has 0 radical (unpaired) electrons. The van der Waals surface area contributed by atoms with Gasteiger partial charge in [0.25, 0.3) is 0 Å². The Bertz CT molecular complexity index is 1180. The second-order valence-electron chi connectivity index (χ2n) is 10.9. The fraction of sp³-hybridized carbons (Fsp3) is 0.467. The van der Waals surface area contributed by atoms with Crippen LogP contribution in [0.4, 0.5) is 5.69 Å². The molecule has 0 saturated carbocycles. The molecule has 0 atom stereocenters. The van der Waals surface area contributed by atoms with Gasteiger partial charge in [-0.15, -0.1) is 0 Å². The fourth-order valence-electron chi connectivity index (χ4n) is 4.62. The number of anilines is 1. The molecular formula is C30H43N5O4. The lowest BCUT2D eigenvalue weighted by Gasteiger charge is -2.32. The average molecular weight is 538 g/mol. The van der Waals surface area contributed by atoms with Crippen LogP contribution in [0, 0.1) is 5.92 Å². The van der Waals surface area contributed by atoms with E-state index in [2.05, 4.69) is 19.2 Å². The summed E-state index contributed by atoms with van der Waals surface area (Å²) in [7, 11) is 0. The molecule has 0 unspecified atom stereocenters. The van der Waals surface area contributed by atoms with E-state index >= 15 is 0 Å². The lowest BCUT2D eigenvalue weighted by molar-refractivity contribution is -0.127. The first-order valence-corrected chi connectivity index (χ1v) is 13.6. The normalized spacial score (nSPS) is 15.3. The SMILES string of the molecule is CC(C)CCOC(C)(C)CC(=O)NCCC(=O)N1Cc2ccccc2/C(N(N)CCO)=C(/N)c2ccccc21. The minimum atomic E-state index is -0.580. The van der Waals surface area contributed by atoms with Gasteiger partial charge < -0.3 is 30.8 Å². The maximum Gasteiger partial charge on any atom is 0.229 e. The molecule has 6 N–H and O–H groups in total. The van der Waals surface area contributed by atoms with Crippen molar-refractivity contribution in [2.24, 2.45) is 17.5 Å². The number of hydrogen-bond acceptors (Lipinski definition) is 7. The molecule has 9 nitrogen and oxygen atoms in total. The molecule has 39 heavy (non-hydrogen) atoms. The molecule has 0 fully saturated rings. The highest BCUT2D eigenvalue weighted by Crippen LogP contribution is 2.36. The van der Waals surface area contributed by atoms with Crippen molar-refractivity contribution in [2.75, 3.05) is 31.2 Å². The molecule has 0 aliphatic carbocycles. The molecule has 2 amide bonds. The summed E-state index contributed by atoms with van der Waals surface area (Å²) in [6.45, 7) is 9.28. The van der Waals surface area contributed by atoms with E-state index in [-0.39, 0.29) is 44.4 Å². The van der Waals surface area contributed by atoms with Crippen LogP contribution in [-0.4, -0.2) is 53.8 Å². The van der Waals surface area contributed by atoms with E-state index in [1.807, 2.05) is 62.4 Å². The number of aliphatic hydroxyl groups excluding tert-OH is 1. The number of carbonyl (C=O) groups excluding carboxylic acids is 2. The van der Waals surface area contributed by atoms with Gasteiger partial charge in [0, 0.05) is 30.7 Å². The predicted molar refractivity (Wildman–Crippen MR) is 155 cm³/mol. The average Bonchev–Trinajstić information content (AvgIpc) is 2.86. The van der Waals surface area contributed by atoms with E-state index in [0.717, 1.165) is 17.5 Å². The van der Waals surface area contributed by atoms with Crippen LogP contribution in [0.2, 0.25) is 0 Å². The van der Waals surface area contributed by atoms with Crippen molar-refractivity contribution < 1.29 is 19.4 Å². The number of carbonyl (C=O) groups is 2. The van der Waals surface area contributed by atoms with Gasteiger partial charge in [-0.05, 0) is 37.8 Å². The van der Waals surface area contributed by atoms with Gasteiger partial charge in [0.05, 0.1) is 48.8 Å². The van der Waals surface area contributed by atoms with Gasteiger partial charge in [0.1, 0.15) is 0 Å². The summed E-state index contributed by atoms with van der Waals surface area (Å²) in [6, 6.07) is 15.1. The van der Waals surface area contributed by atoms with Crippen LogP contribution < -0.4 is 21.8 Å². The largest absolute Gasteiger partial charge is 0.396 e. The third kappa shape index (κ3) is 8.05. The number of nitrogens with zero attached hydrogens (tertiary/aromatic N) is 2. The molecule has 1 heterocycles. The summed E-state index contributed by atoms with van der Waals surface area (Å²) < 4.78 is 5.90. The lowest BCUT2D eigenvalue weighted by Crippen LogP contribution is -2.39. The summed E-state index contributed by atoms with van der Waals surface area (Å²) in [5.41, 5.74) is 10.1. The van der Waals surface area contributed by atoms with Crippen molar-refractivity contribution in [1.82, 2.24) is 10.3 Å². The van der Waals surface area contributed by atoms with Gasteiger partial charge in [-0.2, -0.15) is 0 Å². The zero-order valence-electron chi connectivity index (χ0n) is 23.6. The van der Waals surface area contributed by atoms with Crippen LogP contribution >= 0.6 is 0 Å². The van der Waals surface area contributed by atoms with Gasteiger partial charge in [0.2, 0.25) is 11.8 Å². The van der Waals surface area contributed by atoms with Crippen molar-refractivity contribution in [3.05, 3.63) is 65.2 Å². The number of amides is 2. The lowest BCUT2D eigenvalue weighted by atomic mass is 9.95. The van der Waals surface area contributed by atoms with E-state index in [9.17, 15) is 14.7 Å². The molecule has 0 saturated heterocycles. The van der Waals surface area contributed by atoms with Gasteiger partial charge in [-0.1, -0.05) is 56.3 Å². The van der Waals surface area contributed by atoms with Crippen LogP contribution in [0.1, 0.15) is 63.6 Å². The highest BCUT2D eigenvalue weighted by molar-refractivity contribution is 6.01. The summed E-state index contributed by atoms with van der Waals surface area (Å²) >= 11 is 0. The minimum Gasteiger partial charge on any atom is -0.396 e. The molecule has 212 valence electrons. The second-order valence-corrected chi connectivity index (χ2v) is 10.9.